The molecular weight excluding hydrogens is 272 g/mol. The highest BCUT2D eigenvalue weighted by atomic mass is 79.9. The van der Waals surface area contributed by atoms with Crippen LogP contribution in [0.25, 0.3) is 0 Å². The van der Waals surface area contributed by atoms with Gasteiger partial charge < -0.3 is 0 Å². The molecule has 0 amide bonds. The fraction of sp³-hybridized carbons (Fsp3) is 0.250. The molecule has 2 rings (SSSR count). The van der Waals surface area contributed by atoms with Crippen molar-refractivity contribution >= 4 is 15.9 Å². The van der Waals surface area contributed by atoms with Gasteiger partial charge in [0.05, 0.1) is 0 Å². The summed E-state index contributed by atoms with van der Waals surface area (Å²) in [5, 5.41) is 0.957. The van der Waals surface area contributed by atoms with Gasteiger partial charge in [0.15, 0.2) is 0 Å². The number of hydrogen-bond donors (Lipinski definition) is 0. The number of alkyl halides is 1. The fourth-order valence-corrected chi connectivity index (χ4v) is 2.72. The van der Waals surface area contributed by atoms with Gasteiger partial charge in [-0.25, -0.2) is 0 Å². The summed E-state index contributed by atoms with van der Waals surface area (Å²) in [6.45, 7) is 4.25. The van der Waals surface area contributed by atoms with Crippen molar-refractivity contribution in [2.75, 3.05) is 5.33 Å². The first-order valence-electron chi connectivity index (χ1n) is 5.90. The minimum Gasteiger partial charge on any atom is -0.0918 e. The van der Waals surface area contributed by atoms with Crippen molar-refractivity contribution in [3.63, 3.8) is 0 Å². The summed E-state index contributed by atoms with van der Waals surface area (Å²) in [5.74, 6) is 0.441. The van der Waals surface area contributed by atoms with Crippen molar-refractivity contribution in [2.24, 2.45) is 0 Å². The van der Waals surface area contributed by atoms with E-state index in [1.165, 1.54) is 22.3 Å². The Morgan fingerprint density at radius 3 is 1.41 bits per heavy atom. The van der Waals surface area contributed by atoms with Crippen molar-refractivity contribution in [3.05, 3.63) is 70.8 Å². The number of benzene rings is 2. The molecule has 2 aromatic carbocycles. The highest BCUT2D eigenvalue weighted by Gasteiger charge is 2.12. The molecule has 0 unspecified atom stereocenters. The van der Waals surface area contributed by atoms with E-state index in [0.29, 0.717) is 5.92 Å². The Bertz CT molecular complexity index is 422. The predicted molar refractivity (Wildman–Crippen MR) is 78.0 cm³/mol. The lowest BCUT2D eigenvalue weighted by molar-refractivity contribution is 0.942. The van der Waals surface area contributed by atoms with Gasteiger partial charge in [-0.15, -0.1) is 0 Å². The van der Waals surface area contributed by atoms with Gasteiger partial charge in [-0.1, -0.05) is 75.6 Å². The van der Waals surface area contributed by atoms with Gasteiger partial charge in [-0.05, 0) is 25.0 Å². The molecule has 0 aliphatic heterocycles. The molecule has 0 aromatic heterocycles. The smallest absolute Gasteiger partial charge is 0.0186 e. The zero-order valence-electron chi connectivity index (χ0n) is 10.3. The second-order valence-corrected chi connectivity index (χ2v) is 5.18. The second kappa shape index (κ2) is 5.50. The lowest BCUT2D eigenvalue weighted by Gasteiger charge is -2.15. The summed E-state index contributed by atoms with van der Waals surface area (Å²) in [5.41, 5.74) is 5.37. The first-order chi connectivity index (χ1) is 8.20. The van der Waals surface area contributed by atoms with Crippen molar-refractivity contribution < 1.29 is 0 Å². The molecule has 0 spiro atoms. The Kier molecular flexibility index (Phi) is 4.01. The van der Waals surface area contributed by atoms with Crippen molar-refractivity contribution in [1.29, 1.82) is 0 Å². The van der Waals surface area contributed by atoms with Crippen LogP contribution in [0.1, 0.15) is 28.2 Å². The lowest BCUT2D eigenvalue weighted by Crippen LogP contribution is -2.02. The monoisotopic (exact) mass is 288 g/mol. The SMILES string of the molecule is Cc1ccc(C(CBr)c2ccc(C)cc2)cc1. The van der Waals surface area contributed by atoms with Crippen LogP contribution in [0.15, 0.2) is 48.5 Å². The van der Waals surface area contributed by atoms with Crippen LogP contribution in [0.2, 0.25) is 0 Å². The Hall–Kier alpha value is -1.08. The molecule has 0 radical (unpaired) electrons. The molecule has 0 bridgehead atoms. The largest absolute Gasteiger partial charge is 0.0918 e. The maximum atomic E-state index is 3.63. The minimum absolute atomic E-state index is 0.441. The first-order valence-corrected chi connectivity index (χ1v) is 7.02. The summed E-state index contributed by atoms with van der Waals surface area (Å²) in [4.78, 5) is 0. The molecule has 88 valence electrons. The topological polar surface area (TPSA) is 0 Å². The molecule has 0 heterocycles. The molecule has 0 atom stereocenters. The predicted octanol–water partition coefficient (Wildman–Crippen LogP) is 4.83. The molecule has 17 heavy (non-hydrogen) atoms. The van der Waals surface area contributed by atoms with Gasteiger partial charge in [-0.3, -0.25) is 0 Å². The zero-order chi connectivity index (χ0) is 12.3. The van der Waals surface area contributed by atoms with Crippen LogP contribution in [0.5, 0.6) is 0 Å². The molecule has 2 aromatic rings. The Morgan fingerprint density at radius 1 is 0.765 bits per heavy atom. The van der Waals surface area contributed by atoms with Crippen LogP contribution in [-0.2, 0) is 0 Å². The maximum absolute atomic E-state index is 3.63. The minimum atomic E-state index is 0.441. The summed E-state index contributed by atoms with van der Waals surface area (Å²) in [6.07, 6.45) is 0. The van der Waals surface area contributed by atoms with E-state index in [9.17, 15) is 0 Å². The molecule has 0 aliphatic carbocycles. The van der Waals surface area contributed by atoms with Gasteiger partial charge in [0, 0.05) is 11.2 Å². The fourth-order valence-electron chi connectivity index (χ4n) is 1.97. The van der Waals surface area contributed by atoms with Crippen LogP contribution in [0.3, 0.4) is 0 Å². The lowest BCUT2D eigenvalue weighted by atomic mass is 9.92. The van der Waals surface area contributed by atoms with Crippen molar-refractivity contribution in [3.8, 4) is 0 Å². The molecule has 0 nitrogen and oxygen atoms in total. The third-order valence-electron chi connectivity index (χ3n) is 3.11. The Labute approximate surface area is 112 Å². The third kappa shape index (κ3) is 2.98. The van der Waals surface area contributed by atoms with Gasteiger partial charge in [0.1, 0.15) is 0 Å². The van der Waals surface area contributed by atoms with Crippen LogP contribution in [-0.4, -0.2) is 5.33 Å². The summed E-state index contributed by atoms with van der Waals surface area (Å²) in [7, 11) is 0. The number of rotatable bonds is 3. The highest BCUT2D eigenvalue weighted by Crippen LogP contribution is 2.27. The van der Waals surface area contributed by atoms with Crippen molar-refractivity contribution in [1.82, 2.24) is 0 Å². The number of halogens is 1. The molecule has 0 saturated heterocycles. The summed E-state index contributed by atoms with van der Waals surface area (Å²) < 4.78 is 0. The number of aryl methyl sites for hydroxylation is 2. The summed E-state index contributed by atoms with van der Waals surface area (Å²) in [6, 6.07) is 17.6. The van der Waals surface area contributed by atoms with E-state index in [1.54, 1.807) is 0 Å². The summed E-state index contributed by atoms with van der Waals surface area (Å²) >= 11 is 3.63. The van der Waals surface area contributed by atoms with E-state index >= 15 is 0 Å². The molecular formula is C16H17Br. The second-order valence-electron chi connectivity index (χ2n) is 4.53. The standard InChI is InChI=1S/C16H17Br/c1-12-3-7-14(8-4-12)16(11-17)15-9-5-13(2)6-10-15/h3-10,16H,11H2,1-2H3. The van der Waals surface area contributed by atoms with Crippen molar-refractivity contribution in [2.45, 2.75) is 19.8 Å². The average Bonchev–Trinajstić information content (AvgIpc) is 2.35. The van der Waals surface area contributed by atoms with Crippen LogP contribution in [0, 0.1) is 13.8 Å². The van der Waals surface area contributed by atoms with Crippen LogP contribution >= 0.6 is 15.9 Å². The Morgan fingerprint density at radius 2 is 1.12 bits per heavy atom. The van der Waals surface area contributed by atoms with E-state index in [4.69, 9.17) is 0 Å². The third-order valence-corrected chi connectivity index (χ3v) is 3.76. The van der Waals surface area contributed by atoms with Crippen LogP contribution < -0.4 is 0 Å². The van der Waals surface area contributed by atoms with Gasteiger partial charge >= 0.3 is 0 Å². The van der Waals surface area contributed by atoms with E-state index in [1.807, 2.05) is 0 Å². The van der Waals surface area contributed by atoms with E-state index in [2.05, 4.69) is 78.3 Å². The van der Waals surface area contributed by atoms with Gasteiger partial charge in [-0.2, -0.15) is 0 Å². The molecule has 0 fully saturated rings. The zero-order valence-corrected chi connectivity index (χ0v) is 11.9. The molecule has 0 saturated carbocycles. The van der Waals surface area contributed by atoms with Gasteiger partial charge in [0.2, 0.25) is 0 Å². The Balaban J connectivity index is 2.33. The number of hydrogen-bond acceptors (Lipinski definition) is 0. The van der Waals surface area contributed by atoms with E-state index < -0.39 is 0 Å². The highest BCUT2D eigenvalue weighted by molar-refractivity contribution is 9.09. The van der Waals surface area contributed by atoms with Crippen LogP contribution in [0.4, 0.5) is 0 Å². The normalized spacial score (nSPS) is 10.8. The average molecular weight is 289 g/mol. The molecule has 0 N–H and O–H groups in total. The molecule has 1 heteroatoms. The van der Waals surface area contributed by atoms with E-state index in [0.717, 1.165) is 5.33 Å². The molecule has 0 aliphatic rings. The van der Waals surface area contributed by atoms with E-state index in [-0.39, 0.29) is 0 Å². The van der Waals surface area contributed by atoms with Gasteiger partial charge in [0.25, 0.3) is 0 Å². The quantitative estimate of drug-likeness (QED) is 0.710. The first kappa shape index (κ1) is 12.4. The maximum Gasteiger partial charge on any atom is 0.0186 e.